The minimum Gasteiger partial charge on any atom is -0.378 e. The molecule has 1 aromatic rings. The maximum absolute atomic E-state index is 12.4. The fourth-order valence-electron chi connectivity index (χ4n) is 3.67. The Morgan fingerprint density at radius 2 is 1.88 bits per heavy atom. The molecule has 0 aliphatic carbocycles. The molecular formula is C19H26N2O3. The topological polar surface area (TPSA) is 60.9 Å². The molecule has 1 atom stereocenters. The molecular weight excluding hydrogens is 304 g/mol. The van der Waals surface area contributed by atoms with Gasteiger partial charge in [0.05, 0.1) is 0 Å². The summed E-state index contributed by atoms with van der Waals surface area (Å²) in [6, 6.07) is 9.09. The van der Waals surface area contributed by atoms with Crippen molar-refractivity contribution in [1.29, 1.82) is 0 Å². The highest BCUT2D eigenvalue weighted by Gasteiger charge is 2.28. The average Bonchev–Trinajstić information content (AvgIpc) is 3.05. The third kappa shape index (κ3) is 3.96. The quantitative estimate of drug-likeness (QED) is 0.898. The first-order valence-electron chi connectivity index (χ1n) is 8.94. The second-order valence-electron chi connectivity index (χ2n) is 6.85. The SMILES string of the molecule is O=C1CCCN1CCC1CCN(C(=O)[C@H](O)c2ccccc2)CC1. The summed E-state index contributed by atoms with van der Waals surface area (Å²) in [5.41, 5.74) is 0.650. The van der Waals surface area contributed by atoms with E-state index in [0.29, 0.717) is 31.0 Å². The third-order valence-electron chi connectivity index (χ3n) is 5.25. The van der Waals surface area contributed by atoms with Crippen LogP contribution in [0.3, 0.4) is 0 Å². The van der Waals surface area contributed by atoms with Crippen LogP contribution >= 0.6 is 0 Å². The molecule has 3 rings (SSSR count). The number of carbonyl (C=O) groups excluding carboxylic acids is 2. The fraction of sp³-hybridized carbons (Fsp3) is 0.579. The Morgan fingerprint density at radius 3 is 2.50 bits per heavy atom. The number of likely N-dealkylation sites (tertiary alicyclic amines) is 2. The van der Waals surface area contributed by atoms with Crippen LogP contribution < -0.4 is 0 Å². The lowest BCUT2D eigenvalue weighted by molar-refractivity contribution is -0.142. The van der Waals surface area contributed by atoms with Crippen molar-refractivity contribution in [1.82, 2.24) is 9.80 Å². The van der Waals surface area contributed by atoms with E-state index >= 15 is 0 Å². The Bertz CT molecular complexity index is 567. The Morgan fingerprint density at radius 1 is 1.17 bits per heavy atom. The molecule has 1 aromatic carbocycles. The standard InChI is InChI=1S/C19H26N2O3/c22-17-7-4-11-20(17)12-8-15-9-13-21(14-10-15)19(24)18(23)16-5-2-1-3-6-16/h1-3,5-6,15,18,23H,4,7-14H2/t18-/m1/s1. The van der Waals surface area contributed by atoms with Crippen LogP contribution in [0, 0.1) is 5.92 Å². The Balaban J connectivity index is 1.44. The number of piperidine rings is 1. The van der Waals surface area contributed by atoms with Crippen molar-refractivity contribution in [3.8, 4) is 0 Å². The molecule has 130 valence electrons. The maximum atomic E-state index is 12.4. The molecule has 2 aliphatic heterocycles. The van der Waals surface area contributed by atoms with Crippen molar-refractivity contribution in [2.45, 2.75) is 38.2 Å². The van der Waals surface area contributed by atoms with Gasteiger partial charge >= 0.3 is 0 Å². The second-order valence-corrected chi connectivity index (χ2v) is 6.85. The van der Waals surface area contributed by atoms with E-state index in [-0.39, 0.29) is 11.8 Å². The van der Waals surface area contributed by atoms with E-state index in [4.69, 9.17) is 0 Å². The minimum absolute atomic E-state index is 0.200. The molecule has 2 heterocycles. The third-order valence-corrected chi connectivity index (χ3v) is 5.25. The van der Waals surface area contributed by atoms with Crippen LogP contribution in [0.4, 0.5) is 0 Å². The van der Waals surface area contributed by atoms with Crippen LogP contribution in [-0.2, 0) is 9.59 Å². The van der Waals surface area contributed by atoms with Gasteiger partial charge in [-0.3, -0.25) is 9.59 Å². The zero-order valence-corrected chi connectivity index (χ0v) is 14.1. The summed E-state index contributed by atoms with van der Waals surface area (Å²) >= 11 is 0. The highest BCUT2D eigenvalue weighted by Crippen LogP contribution is 2.24. The van der Waals surface area contributed by atoms with Crippen molar-refractivity contribution in [2.24, 2.45) is 5.92 Å². The average molecular weight is 330 g/mol. The number of aliphatic hydroxyl groups excluding tert-OH is 1. The lowest BCUT2D eigenvalue weighted by atomic mass is 9.93. The highest BCUT2D eigenvalue weighted by atomic mass is 16.3. The molecule has 2 saturated heterocycles. The van der Waals surface area contributed by atoms with Crippen LogP contribution in [-0.4, -0.2) is 52.9 Å². The molecule has 0 bridgehead atoms. The predicted molar refractivity (Wildman–Crippen MR) is 91.1 cm³/mol. The van der Waals surface area contributed by atoms with Crippen LogP contribution in [0.15, 0.2) is 30.3 Å². The Hall–Kier alpha value is -1.88. The first-order chi connectivity index (χ1) is 11.6. The number of rotatable bonds is 5. The molecule has 0 saturated carbocycles. The molecule has 0 spiro atoms. The lowest BCUT2D eigenvalue weighted by Crippen LogP contribution is -2.41. The molecule has 24 heavy (non-hydrogen) atoms. The molecule has 0 radical (unpaired) electrons. The van der Waals surface area contributed by atoms with Gasteiger partial charge < -0.3 is 14.9 Å². The lowest BCUT2D eigenvalue weighted by Gasteiger charge is -2.34. The van der Waals surface area contributed by atoms with Gasteiger partial charge in [0.15, 0.2) is 6.10 Å². The van der Waals surface area contributed by atoms with Gasteiger partial charge in [-0.1, -0.05) is 30.3 Å². The van der Waals surface area contributed by atoms with Crippen molar-refractivity contribution in [2.75, 3.05) is 26.2 Å². The van der Waals surface area contributed by atoms with Crippen molar-refractivity contribution in [3.63, 3.8) is 0 Å². The smallest absolute Gasteiger partial charge is 0.256 e. The zero-order chi connectivity index (χ0) is 16.9. The predicted octanol–water partition coefficient (Wildman–Crippen LogP) is 1.97. The molecule has 0 aromatic heterocycles. The number of nitrogens with zero attached hydrogens (tertiary/aromatic N) is 2. The van der Waals surface area contributed by atoms with Crippen LogP contribution in [0.2, 0.25) is 0 Å². The molecule has 1 N–H and O–H groups in total. The summed E-state index contributed by atoms with van der Waals surface area (Å²) in [5.74, 6) is 0.652. The largest absolute Gasteiger partial charge is 0.378 e. The molecule has 5 heteroatoms. The van der Waals surface area contributed by atoms with Gasteiger partial charge in [-0.25, -0.2) is 0 Å². The van der Waals surface area contributed by atoms with Gasteiger partial charge in [0.2, 0.25) is 5.91 Å². The van der Waals surface area contributed by atoms with Gasteiger partial charge in [0.25, 0.3) is 5.91 Å². The molecule has 2 fully saturated rings. The van der Waals surface area contributed by atoms with Gasteiger partial charge in [-0.15, -0.1) is 0 Å². The van der Waals surface area contributed by atoms with Crippen molar-refractivity contribution < 1.29 is 14.7 Å². The number of benzene rings is 1. The van der Waals surface area contributed by atoms with Gasteiger partial charge in [0, 0.05) is 32.6 Å². The summed E-state index contributed by atoms with van der Waals surface area (Å²) in [5, 5.41) is 10.2. The normalized spacial score (nSPS) is 20.5. The maximum Gasteiger partial charge on any atom is 0.256 e. The summed E-state index contributed by atoms with van der Waals surface area (Å²) in [4.78, 5) is 27.8. The number of aliphatic hydroxyl groups is 1. The Kier molecular flexibility index (Phi) is 5.51. The summed E-state index contributed by atoms with van der Waals surface area (Å²) in [7, 11) is 0. The number of carbonyl (C=O) groups is 2. The minimum atomic E-state index is -1.06. The molecule has 2 aliphatic rings. The fourth-order valence-corrected chi connectivity index (χ4v) is 3.67. The number of amides is 2. The van der Waals surface area contributed by atoms with Gasteiger partial charge in [0.1, 0.15) is 0 Å². The Labute approximate surface area is 143 Å². The summed E-state index contributed by atoms with van der Waals surface area (Å²) in [6.07, 6.45) is 3.55. The van der Waals surface area contributed by atoms with Crippen LogP contribution in [0.25, 0.3) is 0 Å². The molecule has 2 amide bonds. The van der Waals surface area contributed by atoms with E-state index in [1.54, 1.807) is 17.0 Å². The monoisotopic (exact) mass is 330 g/mol. The van der Waals surface area contributed by atoms with Crippen molar-refractivity contribution in [3.05, 3.63) is 35.9 Å². The van der Waals surface area contributed by atoms with E-state index in [9.17, 15) is 14.7 Å². The zero-order valence-electron chi connectivity index (χ0n) is 14.1. The molecule has 5 nitrogen and oxygen atoms in total. The van der Waals surface area contributed by atoms with Crippen molar-refractivity contribution >= 4 is 11.8 Å². The van der Waals surface area contributed by atoms with Gasteiger partial charge in [-0.05, 0) is 37.2 Å². The molecule has 0 unspecified atom stereocenters. The van der Waals surface area contributed by atoms with Crippen LogP contribution in [0.5, 0.6) is 0 Å². The van der Waals surface area contributed by atoms with E-state index in [1.807, 2.05) is 23.1 Å². The van der Waals surface area contributed by atoms with E-state index in [1.165, 1.54) is 0 Å². The summed E-state index contributed by atoms with van der Waals surface area (Å²) in [6.45, 7) is 3.15. The first kappa shape index (κ1) is 17.0. The first-order valence-corrected chi connectivity index (χ1v) is 8.94. The van der Waals surface area contributed by atoms with E-state index in [0.717, 1.165) is 38.8 Å². The van der Waals surface area contributed by atoms with Crippen LogP contribution in [0.1, 0.15) is 43.8 Å². The van der Waals surface area contributed by atoms with E-state index in [2.05, 4.69) is 0 Å². The van der Waals surface area contributed by atoms with Gasteiger partial charge in [-0.2, -0.15) is 0 Å². The van der Waals surface area contributed by atoms with E-state index < -0.39 is 6.10 Å². The highest BCUT2D eigenvalue weighted by molar-refractivity contribution is 5.82. The number of hydrogen-bond acceptors (Lipinski definition) is 3. The second kappa shape index (κ2) is 7.79. The summed E-state index contributed by atoms with van der Waals surface area (Å²) < 4.78 is 0. The number of hydrogen-bond donors (Lipinski definition) is 1.